The SMILES string of the molecule is CCO[Si](CCCNC(=O)CCCCCOc1ccc(N=Nc2ccc(NC(=O)[C@@H](N)CCCCN)cc2)cc1)(OCC)OCC. The molecule has 0 saturated heterocycles. The zero-order chi connectivity index (χ0) is 33.5. The number of ether oxygens (including phenoxy) is 1. The normalized spacial score (nSPS) is 12.3. The lowest BCUT2D eigenvalue weighted by atomic mass is 10.1. The number of carbonyl (C=O) groups is 2. The van der Waals surface area contributed by atoms with E-state index in [-0.39, 0.29) is 11.8 Å². The van der Waals surface area contributed by atoms with Crippen LogP contribution in [0.25, 0.3) is 0 Å². The predicted molar refractivity (Wildman–Crippen MR) is 184 cm³/mol. The number of rotatable bonds is 25. The summed E-state index contributed by atoms with van der Waals surface area (Å²) in [6.07, 6.45) is 6.09. The minimum absolute atomic E-state index is 0.0549. The molecule has 13 heteroatoms. The Morgan fingerprint density at radius 3 is 2.00 bits per heavy atom. The fourth-order valence-corrected chi connectivity index (χ4v) is 7.20. The van der Waals surface area contributed by atoms with Crippen LogP contribution >= 0.6 is 0 Å². The minimum Gasteiger partial charge on any atom is -0.494 e. The highest BCUT2D eigenvalue weighted by molar-refractivity contribution is 6.60. The van der Waals surface area contributed by atoms with Crippen LogP contribution in [-0.4, -0.2) is 66.2 Å². The van der Waals surface area contributed by atoms with E-state index in [1.165, 1.54) is 0 Å². The van der Waals surface area contributed by atoms with Crippen molar-refractivity contribution in [2.24, 2.45) is 21.7 Å². The molecule has 12 nitrogen and oxygen atoms in total. The van der Waals surface area contributed by atoms with Crippen LogP contribution in [0.15, 0.2) is 58.8 Å². The molecule has 0 aliphatic heterocycles. The Morgan fingerprint density at radius 1 is 0.804 bits per heavy atom. The maximum atomic E-state index is 12.2. The van der Waals surface area contributed by atoms with Crippen LogP contribution < -0.4 is 26.8 Å². The molecule has 2 amide bonds. The Morgan fingerprint density at radius 2 is 1.41 bits per heavy atom. The van der Waals surface area contributed by atoms with Gasteiger partial charge in [-0.15, -0.1) is 0 Å². The molecule has 2 rings (SSSR count). The third-order valence-electron chi connectivity index (χ3n) is 6.95. The summed E-state index contributed by atoms with van der Waals surface area (Å²) in [7, 11) is -2.66. The van der Waals surface area contributed by atoms with Crippen molar-refractivity contribution < 1.29 is 27.6 Å². The number of hydrogen-bond donors (Lipinski definition) is 4. The molecule has 0 radical (unpaired) electrons. The average molecular weight is 659 g/mol. The third kappa shape index (κ3) is 15.9. The lowest BCUT2D eigenvalue weighted by Gasteiger charge is -2.28. The van der Waals surface area contributed by atoms with Gasteiger partial charge < -0.3 is 40.1 Å². The summed E-state index contributed by atoms with van der Waals surface area (Å²) in [6, 6.07) is 14.6. The largest absolute Gasteiger partial charge is 0.500 e. The first kappa shape index (κ1) is 39.0. The Balaban J connectivity index is 1.61. The fraction of sp³-hybridized carbons (Fsp3) is 0.576. The Labute approximate surface area is 275 Å². The second-order valence-corrected chi connectivity index (χ2v) is 13.4. The van der Waals surface area contributed by atoms with E-state index in [2.05, 4.69) is 20.9 Å². The molecule has 0 heterocycles. The number of hydrogen-bond acceptors (Lipinski definition) is 10. The van der Waals surface area contributed by atoms with Crippen molar-refractivity contribution in [3.63, 3.8) is 0 Å². The summed E-state index contributed by atoms with van der Waals surface area (Å²) in [5.74, 6) is 0.592. The number of nitrogens with two attached hydrogens (primary N) is 2. The van der Waals surface area contributed by atoms with E-state index in [9.17, 15) is 9.59 Å². The van der Waals surface area contributed by atoms with Crippen molar-refractivity contribution in [3.05, 3.63) is 48.5 Å². The van der Waals surface area contributed by atoms with Crippen molar-refractivity contribution in [1.82, 2.24) is 5.32 Å². The van der Waals surface area contributed by atoms with Gasteiger partial charge in [-0.1, -0.05) is 6.42 Å². The van der Waals surface area contributed by atoms with Crippen LogP contribution in [0.5, 0.6) is 5.75 Å². The van der Waals surface area contributed by atoms with Gasteiger partial charge in [0.1, 0.15) is 5.75 Å². The Bertz CT molecular complexity index is 1140. The zero-order valence-electron chi connectivity index (χ0n) is 27.8. The summed E-state index contributed by atoms with van der Waals surface area (Å²) in [4.78, 5) is 24.5. The molecule has 0 unspecified atom stereocenters. The van der Waals surface area contributed by atoms with Gasteiger partial charge in [-0.25, -0.2) is 0 Å². The van der Waals surface area contributed by atoms with Gasteiger partial charge in [0.25, 0.3) is 0 Å². The number of azo groups is 1. The van der Waals surface area contributed by atoms with E-state index in [1.54, 1.807) is 24.3 Å². The second-order valence-electron chi connectivity index (χ2n) is 10.7. The molecule has 0 aliphatic rings. The molecule has 0 spiro atoms. The number of anilines is 1. The average Bonchev–Trinajstić information content (AvgIpc) is 3.05. The van der Waals surface area contributed by atoms with Gasteiger partial charge in [0, 0.05) is 44.5 Å². The summed E-state index contributed by atoms with van der Waals surface area (Å²) in [6.45, 7) is 9.22. The summed E-state index contributed by atoms with van der Waals surface area (Å²) in [5, 5.41) is 14.4. The summed E-state index contributed by atoms with van der Waals surface area (Å²) >= 11 is 0. The third-order valence-corrected chi connectivity index (χ3v) is 10.1. The molecule has 2 aromatic rings. The molecule has 2 aromatic carbocycles. The molecular weight excluding hydrogens is 604 g/mol. The highest BCUT2D eigenvalue weighted by atomic mass is 28.4. The van der Waals surface area contributed by atoms with Crippen LogP contribution in [0.3, 0.4) is 0 Å². The van der Waals surface area contributed by atoms with Gasteiger partial charge >= 0.3 is 8.80 Å². The summed E-state index contributed by atoms with van der Waals surface area (Å²) in [5.41, 5.74) is 13.4. The van der Waals surface area contributed by atoms with Gasteiger partial charge in [-0.3, -0.25) is 9.59 Å². The molecule has 6 N–H and O–H groups in total. The van der Waals surface area contributed by atoms with Crippen LogP contribution in [0.1, 0.15) is 72.1 Å². The first-order chi connectivity index (χ1) is 22.3. The predicted octanol–water partition coefficient (Wildman–Crippen LogP) is 5.99. The minimum atomic E-state index is -2.66. The number of nitrogens with zero attached hydrogens (tertiary/aromatic N) is 2. The van der Waals surface area contributed by atoms with E-state index in [4.69, 9.17) is 29.5 Å². The van der Waals surface area contributed by atoms with E-state index < -0.39 is 14.8 Å². The topological polar surface area (TPSA) is 172 Å². The number of unbranched alkanes of at least 4 members (excludes halogenated alkanes) is 3. The van der Waals surface area contributed by atoms with Crippen molar-refractivity contribution in [2.45, 2.75) is 84.2 Å². The quantitative estimate of drug-likeness (QED) is 0.0572. The van der Waals surface area contributed by atoms with Gasteiger partial charge in [0.2, 0.25) is 11.8 Å². The lowest BCUT2D eigenvalue weighted by molar-refractivity contribution is -0.121. The van der Waals surface area contributed by atoms with E-state index >= 15 is 0 Å². The molecular formula is C33H54N6O6Si. The highest BCUT2D eigenvalue weighted by Gasteiger charge is 2.39. The molecule has 1 atom stereocenters. The van der Waals surface area contributed by atoms with E-state index in [0.29, 0.717) is 75.5 Å². The Hall–Kier alpha value is -3.20. The molecule has 0 aromatic heterocycles. The molecule has 256 valence electrons. The number of carbonyl (C=O) groups excluding carboxylic acids is 2. The molecule has 0 bridgehead atoms. The van der Waals surface area contributed by atoms with E-state index in [1.807, 2.05) is 45.0 Å². The summed E-state index contributed by atoms with van der Waals surface area (Å²) < 4.78 is 23.4. The van der Waals surface area contributed by atoms with Crippen molar-refractivity contribution in [3.8, 4) is 5.75 Å². The number of nitrogens with one attached hydrogen (secondary N) is 2. The smallest absolute Gasteiger partial charge is 0.494 e. The molecule has 0 aliphatic carbocycles. The van der Waals surface area contributed by atoms with Crippen LogP contribution in [0.2, 0.25) is 6.04 Å². The van der Waals surface area contributed by atoms with Crippen LogP contribution in [-0.2, 0) is 22.9 Å². The molecule has 0 fully saturated rings. The standard InChI is InChI=1S/C33H54N6O6Si/c1-4-43-46(44-5-2,45-6-3)26-12-24-36-32(40)14-8-7-11-25-42-30-21-19-29(20-22-30)39-38-28-17-15-27(16-18-28)37-33(41)31(35)13-9-10-23-34/h15-22,31H,4-14,23-26,34-35H2,1-3H3,(H,36,40)(H,37,41)/t31-/m0/s1. The Kier molecular flexibility index (Phi) is 19.6. The molecule has 0 saturated carbocycles. The van der Waals surface area contributed by atoms with Crippen molar-refractivity contribution in [1.29, 1.82) is 0 Å². The van der Waals surface area contributed by atoms with Crippen molar-refractivity contribution >= 4 is 37.7 Å². The number of benzene rings is 2. The van der Waals surface area contributed by atoms with Gasteiger partial charge in [-0.05, 0) is 114 Å². The van der Waals surface area contributed by atoms with Crippen LogP contribution in [0, 0.1) is 0 Å². The first-order valence-electron chi connectivity index (χ1n) is 16.5. The van der Waals surface area contributed by atoms with E-state index in [0.717, 1.165) is 44.3 Å². The zero-order valence-corrected chi connectivity index (χ0v) is 28.8. The maximum Gasteiger partial charge on any atom is 0.500 e. The van der Waals surface area contributed by atoms with Gasteiger partial charge in [-0.2, -0.15) is 10.2 Å². The number of amides is 2. The first-order valence-corrected chi connectivity index (χ1v) is 18.5. The van der Waals surface area contributed by atoms with Crippen molar-refractivity contribution in [2.75, 3.05) is 44.8 Å². The fourth-order valence-electron chi connectivity index (χ4n) is 4.59. The second kappa shape index (κ2) is 23.2. The monoisotopic (exact) mass is 658 g/mol. The van der Waals surface area contributed by atoms with Gasteiger partial charge in [0.05, 0.1) is 24.0 Å². The van der Waals surface area contributed by atoms with Crippen LogP contribution in [0.4, 0.5) is 17.1 Å². The lowest BCUT2D eigenvalue weighted by Crippen LogP contribution is -2.46. The maximum absolute atomic E-state index is 12.2. The highest BCUT2D eigenvalue weighted by Crippen LogP contribution is 2.23. The van der Waals surface area contributed by atoms with Gasteiger partial charge in [0.15, 0.2) is 0 Å². The molecule has 46 heavy (non-hydrogen) atoms.